The Morgan fingerprint density at radius 3 is 2.62 bits per heavy atom. The first kappa shape index (κ1) is 15.5. The number of halogens is 1. The third kappa shape index (κ3) is 3.88. The summed E-state index contributed by atoms with van der Waals surface area (Å²) in [6.45, 7) is 5.86. The fourth-order valence-electron chi connectivity index (χ4n) is 3.93. The molecule has 2 nitrogen and oxygen atoms in total. The molecular formula is C18H27BrN2. The molecule has 1 aromatic rings. The minimum absolute atomic E-state index is 0.387. The molecule has 3 rings (SSSR count). The van der Waals surface area contributed by atoms with Crippen LogP contribution in [0.25, 0.3) is 0 Å². The molecule has 1 heterocycles. The lowest BCUT2D eigenvalue weighted by Gasteiger charge is -2.41. The number of benzene rings is 1. The summed E-state index contributed by atoms with van der Waals surface area (Å²) < 4.78 is 1.17. The summed E-state index contributed by atoms with van der Waals surface area (Å²) in [7, 11) is 0. The van der Waals surface area contributed by atoms with E-state index < -0.39 is 0 Å². The summed E-state index contributed by atoms with van der Waals surface area (Å²) in [4.78, 5) is 2.70. The highest BCUT2D eigenvalue weighted by Gasteiger charge is 2.36. The molecule has 21 heavy (non-hydrogen) atoms. The van der Waals surface area contributed by atoms with Crippen LogP contribution in [0.4, 0.5) is 0 Å². The molecule has 1 unspecified atom stereocenters. The second-order valence-electron chi connectivity index (χ2n) is 6.94. The van der Waals surface area contributed by atoms with Crippen molar-refractivity contribution in [1.29, 1.82) is 0 Å². The van der Waals surface area contributed by atoms with Gasteiger partial charge in [0.15, 0.2) is 0 Å². The molecule has 2 aliphatic rings. The maximum atomic E-state index is 3.90. The molecule has 1 N–H and O–H groups in total. The van der Waals surface area contributed by atoms with Gasteiger partial charge in [0.1, 0.15) is 0 Å². The van der Waals surface area contributed by atoms with E-state index in [-0.39, 0.29) is 0 Å². The fraction of sp³-hybridized carbons (Fsp3) is 0.667. The Bertz CT molecular complexity index is 451. The molecule has 0 radical (unpaired) electrons. The normalized spacial score (nSPS) is 26.7. The van der Waals surface area contributed by atoms with E-state index in [4.69, 9.17) is 0 Å². The zero-order valence-electron chi connectivity index (χ0n) is 13.1. The molecule has 0 bridgehead atoms. The fourth-order valence-corrected chi connectivity index (χ4v) is 4.19. The molecule has 1 aliphatic heterocycles. The van der Waals surface area contributed by atoms with Crippen molar-refractivity contribution in [2.45, 2.75) is 63.6 Å². The van der Waals surface area contributed by atoms with Crippen LogP contribution in [0.3, 0.4) is 0 Å². The van der Waals surface area contributed by atoms with E-state index in [2.05, 4.69) is 57.3 Å². The summed E-state index contributed by atoms with van der Waals surface area (Å²) in [6, 6.07) is 9.49. The average Bonchev–Trinajstić information content (AvgIpc) is 2.63. The van der Waals surface area contributed by atoms with Crippen LogP contribution in [0.15, 0.2) is 28.7 Å². The minimum Gasteiger partial charge on any atom is -0.310 e. The molecule has 0 amide bonds. The summed E-state index contributed by atoms with van der Waals surface area (Å²) in [6.07, 6.45) is 8.19. The van der Waals surface area contributed by atoms with Gasteiger partial charge in [-0.25, -0.2) is 0 Å². The molecule has 1 saturated heterocycles. The average molecular weight is 351 g/mol. The van der Waals surface area contributed by atoms with Crippen molar-refractivity contribution in [3.05, 3.63) is 34.3 Å². The second-order valence-corrected chi connectivity index (χ2v) is 7.85. The Labute approximate surface area is 137 Å². The first-order valence-electron chi connectivity index (χ1n) is 8.40. The number of hydrogen-bond donors (Lipinski definition) is 1. The number of nitrogens with zero attached hydrogens (tertiary/aromatic N) is 1. The Morgan fingerprint density at radius 2 is 1.90 bits per heavy atom. The zero-order chi connectivity index (χ0) is 14.7. The van der Waals surface area contributed by atoms with E-state index >= 15 is 0 Å². The van der Waals surface area contributed by atoms with E-state index in [1.165, 1.54) is 61.7 Å². The largest absolute Gasteiger partial charge is 0.310 e. The standard InChI is InChI=1S/C18H27BrN2/c1-15-9-12-20-18(10-3-2-4-11-18)14-21(15)13-16-5-7-17(19)8-6-16/h5-8,15,20H,2-4,9-14H2,1H3. The molecular weight excluding hydrogens is 324 g/mol. The van der Waals surface area contributed by atoms with Crippen LogP contribution in [-0.2, 0) is 6.54 Å². The molecule has 1 saturated carbocycles. The van der Waals surface area contributed by atoms with Crippen molar-refractivity contribution in [2.75, 3.05) is 13.1 Å². The quantitative estimate of drug-likeness (QED) is 0.853. The van der Waals surface area contributed by atoms with Gasteiger partial charge in [-0.05, 0) is 50.4 Å². The van der Waals surface area contributed by atoms with Gasteiger partial charge in [-0.15, -0.1) is 0 Å². The van der Waals surface area contributed by atoms with Gasteiger partial charge in [-0.1, -0.05) is 47.3 Å². The predicted molar refractivity (Wildman–Crippen MR) is 92.4 cm³/mol. The van der Waals surface area contributed by atoms with Crippen LogP contribution >= 0.6 is 15.9 Å². The maximum absolute atomic E-state index is 3.90. The first-order chi connectivity index (χ1) is 10.2. The van der Waals surface area contributed by atoms with E-state index in [0.29, 0.717) is 11.6 Å². The van der Waals surface area contributed by atoms with Crippen LogP contribution < -0.4 is 5.32 Å². The van der Waals surface area contributed by atoms with Crippen molar-refractivity contribution >= 4 is 15.9 Å². The Hall–Kier alpha value is -0.380. The van der Waals surface area contributed by atoms with E-state index in [1.54, 1.807) is 0 Å². The molecule has 1 spiro atoms. The summed E-state index contributed by atoms with van der Waals surface area (Å²) in [5, 5.41) is 3.90. The van der Waals surface area contributed by atoms with E-state index in [0.717, 1.165) is 6.54 Å². The molecule has 3 heteroatoms. The van der Waals surface area contributed by atoms with Crippen molar-refractivity contribution in [3.63, 3.8) is 0 Å². The van der Waals surface area contributed by atoms with Gasteiger partial charge < -0.3 is 5.32 Å². The zero-order valence-corrected chi connectivity index (χ0v) is 14.7. The van der Waals surface area contributed by atoms with Gasteiger partial charge in [0, 0.05) is 29.1 Å². The second kappa shape index (κ2) is 6.80. The highest BCUT2D eigenvalue weighted by Crippen LogP contribution is 2.32. The van der Waals surface area contributed by atoms with Crippen LogP contribution in [0.5, 0.6) is 0 Å². The van der Waals surface area contributed by atoms with Gasteiger partial charge in [-0.2, -0.15) is 0 Å². The number of nitrogens with one attached hydrogen (secondary N) is 1. The first-order valence-corrected chi connectivity index (χ1v) is 9.20. The van der Waals surface area contributed by atoms with Gasteiger partial charge >= 0.3 is 0 Å². The summed E-state index contributed by atoms with van der Waals surface area (Å²) in [5.41, 5.74) is 1.82. The maximum Gasteiger partial charge on any atom is 0.0309 e. The van der Waals surface area contributed by atoms with Crippen molar-refractivity contribution < 1.29 is 0 Å². The van der Waals surface area contributed by atoms with Crippen LogP contribution in [0.1, 0.15) is 51.0 Å². The van der Waals surface area contributed by atoms with Crippen molar-refractivity contribution in [1.82, 2.24) is 10.2 Å². The molecule has 1 aliphatic carbocycles. The summed E-state index contributed by atoms with van der Waals surface area (Å²) >= 11 is 3.53. The van der Waals surface area contributed by atoms with E-state index in [9.17, 15) is 0 Å². The predicted octanol–water partition coefficient (Wildman–Crippen LogP) is 4.34. The SMILES string of the molecule is CC1CCNC2(CCCCC2)CN1Cc1ccc(Br)cc1. The van der Waals surface area contributed by atoms with Crippen LogP contribution in [0, 0.1) is 0 Å². The molecule has 1 aromatic carbocycles. The monoisotopic (exact) mass is 350 g/mol. The Morgan fingerprint density at radius 1 is 1.19 bits per heavy atom. The molecule has 2 fully saturated rings. The van der Waals surface area contributed by atoms with Crippen LogP contribution in [-0.4, -0.2) is 29.6 Å². The highest BCUT2D eigenvalue weighted by molar-refractivity contribution is 9.10. The van der Waals surface area contributed by atoms with Gasteiger partial charge in [-0.3, -0.25) is 4.90 Å². The molecule has 1 atom stereocenters. The number of hydrogen-bond acceptors (Lipinski definition) is 2. The van der Waals surface area contributed by atoms with Gasteiger partial charge in [0.2, 0.25) is 0 Å². The minimum atomic E-state index is 0.387. The van der Waals surface area contributed by atoms with E-state index in [1.807, 2.05) is 0 Å². The van der Waals surface area contributed by atoms with Crippen LogP contribution in [0.2, 0.25) is 0 Å². The number of rotatable bonds is 2. The lowest BCUT2D eigenvalue weighted by atomic mass is 9.81. The third-order valence-corrected chi connectivity index (χ3v) is 5.83. The van der Waals surface area contributed by atoms with Crippen molar-refractivity contribution in [2.24, 2.45) is 0 Å². The van der Waals surface area contributed by atoms with Gasteiger partial charge in [0.25, 0.3) is 0 Å². The van der Waals surface area contributed by atoms with Gasteiger partial charge in [0.05, 0.1) is 0 Å². The molecule has 116 valence electrons. The lowest BCUT2D eigenvalue weighted by molar-refractivity contribution is 0.131. The van der Waals surface area contributed by atoms with Crippen molar-refractivity contribution in [3.8, 4) is 0 Å². The Kier molecular flexibility index (Phi) is 5.03. The lowest BCUT2D eigenvalue weighted by Crippen LogP contribution is -2.53. The third-order valence-electron chi connectivity index (χ3n) is 5.30. The molecule has 0 aromatic heterocycles. The summed E-state index contributed by atoms with van der Waals surface area (Å²) in [5.74, 6) is 0. The highest BCUT2D eigenvalue weighted by atomic mass is 79.9. The Balaban J connectivity index is 1.73. The smallest absolute Gasteiger partial charge is 0.0309 e. The topological polar surface area (TPSA) is 15.3 Å².